The highest BCUT2D eigenvalue weighted by atomic mass is 16.3. The second-order valence-electron chi connectivity index (χ2n) is 8.49. The highest BCUT2D eigenvalue weighted by Crippen LogP contribution is 2.48. The standard InChI is InChI=1S/C23H38O4/c1-2-13-23(14-9-15-23)22(27)12-8-11-19-18(20(25)17-21(19)26)10-6-4-3-5-7-16-24/h4,6,8,11,18-19,21-22,24,26-27H,2-3,5,7,9-10,12-17H2,1H3/b6-4-,11-8+/t18-,19-,21-,22?/m1/s1. The number of ketones is 1. The molecule has 0 aromatic rings. The molecule has 1 unspecified atom stereocenters. The van der Waals surface area contributed by atoms with Crippen molar-refractivity contribution in [3.8, 4) is 0 Å². The maximum atomic E-state index is 12.2. The van der Waals surface area contributed by atoms with Gasteiger partial charge >= 0.3 is 0 Å². The highest BCUT2D eigenvalue weighted by Gasteiger charge is 2.42. The summed E-state index contributed by atoms with van der Waals surface area (Å²) in [5.74, 6) is -0.162. The van der Waals surface area contributed by atoms with Gasteiger partial charge in [-0.05, 0) is 56.8 Å². The zero-order valence-electron chi connectivity index (χ0n) is 16.9. The predicted octanol–water partition coefficient (Wildman–Crippen LogP) is 3.94. The van der Waals surface area contributed by atoms with Crippen LogP contribution in [0.1, 0.15) is 77.6 Å². The molecule has 2 rings (SSSR count). The van der Waals surface area contributed by atoms with Crippen molar-refractivity contribution in [2.75, 3.05) is 6.61 Å². The van der Waals surface area contributed by atoms with Crippen molar-refractivity contribution in [3.05, 3.63) is 24.3 Å². The van der Waals surface area contributed by atoms with E-state index in [1.807, 2.05) is 18.2 Å². The number of carbonyl (C=O) groups excluding carboxylic acids is 1. The molecule has 4 heteroatoms. The molecule has 0 saturated heterocycles. The first-order valence-electron chi connectivity index (χ1n) is 10.9. The minimum atomic E-state index is -0.605. The maximum absolute atomic E-state index is 12.2. The van der Waals surface area contributed by atoms with Gasteiger partial charge in [-0.25, -0.2) is 0 Å². The summed E-state index contributed by atoms with van der Waals surface area (Å²) in [4.78, 5) is 12.2. The van der Waals surface area contributed by atoms with E-state index < -0.39 is 6.10 Å². The van der Waals surface area contributed by atoms with Gasteiger partial charge < -0.3 is 15.3 Å². The quantitative estimate of drug-likeness (QED) is 0.355. The number of aliphatic hydroxyl groups is 3. The van der Waals surface area contributed by atoms with Gasteiger partial charge in [-0.3, -0.25) is 4.79 Å². The Morgan fingerprint density at radius 1 is 1.22 bits per heavy atom. The zero-order valence-corrected chi connectivity index (χ0v) is 16.9. The Morgan fingerprint density at radius 3 is 2.63 bits per heavy atom. The fourth-order valence-corrected chi connectivity index (χ4v) is 4.76. The number of Topliss-reactive ketones (excluding diaryl/α,β-unsaturated/α-hetero) is 1. The molecule has 3 N–H and O–H groups in total. The van der Waals surface area contributed by atoms with Gasteiger partial charge in [-0.2, -0.15) is 0 Å². The van der Waals surface area contributed by atoms with E-state index in [1.54, 1.807) is 0 Å². The number of rotatable bonds is 12. The average Bonchev–Trinajstić information content (AvgIpc) is 2.87. The molecule has 0 heterocycles. The first-order valence-corrected chi connectivity index (χ1v) is 10.9. The van der Waals surface area contributed by atoms with E-state index >= 15 is 0 Å². The highest BCUT2D eigenvalue weighted by molar-refractivity contribution is 5.84. The Kier molecular flexibility index (Phi) is 9.20. The van der Waals surface area contributed by atoms with E-state index in [1.165, 1.54) is 6.42 Å². The van der Waals surface area contributed by atoms with E-state index in [2.05, 4.69) is 13.0 Å². The molecule has 4 atom stereocenters. The number of allylic oxidation sites excluding steroid dienone is 2. The largest absolute Gasteiger partial charge is 0.396 e. The van der Waals surface area contributed by atoms with E-state index in [9.17, 15) is 15.0 Å². The topological polar surface area (TPSA) is 77.8 Å². The molecule has 27 heavy (non-hydrogen) atoms. The summed E-state index contributed by atoms with van der Waals surface area (Å²) in [7, 11) is 0. The summed E-state index contributed by atoms with van der Waals surface area (Å²) >= 11 is 0. The molecule has 0 aromatic heterocycles. The summed E-state index contributed by atoms with van der Waals surface area (Å²) in [6.45, 7) is 2.39. The van der Waals surface area contributed by atoms with Crippen LogP contribution in [0.3, 0.4) is 0 Å². The second kappa shape index (κ2) is 11.1. The Balaban J connectivity index is 1.86. The molecule has 2 saturated carbocycles. The van der Waals surface area contributed by atoms with Crippen molar-refractivity contribution in [2.45, 2.75) is 89.8 Å². The maximum Gasteiger partial charge on any atom is 0.139 e. The van der Waals surface area contributed by atoms with Gasteiger partial charge in [-0.15, -0.1) is 0 Å². The van der Waals surface area contributed by atoms with Crippen LogP contribution >= 0.6 is 0 Å². The van der Waals surface area contributed by atoms with Crippen LogP contribution in [0.25, 0.3) is 0 Å². The smallest absolute Gasteiger partial charge is 0.139 e. The fourth-order valence-electron chi connectivity index (χ4n) is 4.76. The van der Waals surface area contributed by atoms with Crippen LogP contribution in [0, 0.1) is 17.3 Å². The van der Waals surface area contributed by atoms with E-state index in [-0.39, 0.29) is 42.2 Å². The molecule has 0 aliphatic heterocycles. The van der Waals surface area contributed by atoms with Crippen LogP contribution in [0.4, 0.5) is 0 Å². The van der Waals surface area contributed by atoms with Crippen molar-refractivity contribution in [1.82, 2.24) is 0 Å². The van der Waals surface area contributed by atoms with Gasteiger partial charge in [0.2, 0.25) is 0 Å². The lowest BCUT2D eigenvalue weighted by molar-refractivity contribution is -0.121. The number of unbranched alkanes of at least 4 members (excludes halogenated alkanes) is 2. The predicted molar refractivity (Wildman–Crippen MR) is 108 cm³/mol. The van der Waals surface area contributed by atoms with Crippen LogP contribution in [0.2, 0.25) is 0 Å². The van der Waals surface area contributed by atoms with Gasteiger partial charge in [0.05, 0.1) is 12.2 Å². The molecule has 0 amide bonds. The molecule has 0 radical (unpaired) electrons. The van der Waals surface area contributed by atoms with Crippen LogP contribution in [-0.2, 0) is 4.79 Å². The third-order valence-corrected chi connectivity index (χ3v) is 6.59. The van der Waals surface area contributed by atoms with Crippen LogP contribution in [0.5, 0.6) is 0 Å². The van der Waals surface area contributed by atoms with Gasteiger partial charge in [0.15, 0.2) is 0 Å². The summed E-state index contributed by atoms with van der Waals surface area (Å²) in [6, 6.07) is 0. The molecule has 0 spiro atoms. The number of hydrogen-bond donors (Lipinski definition) is 3. The number of carbonyl (C=O) groups is 1. The summed E-state index contributed by atoms with van der Waals surface area (Å²) in [5.41, 5.74) is 0.0971. The van der Waals surface area contributed by atoms with Crippen LogP contribution in [0.15, 0.2) is 24.3 Å². The molecule has 0 aromatic carbocycles. The lowest BCUT2D eigenvalue weighted by Gasteiger charge is -2.45. The van der Waals surface area contributed by atoms with Crippen molar-refractivity contribution in [3.63, 3.8) is 0 Å². The average molecular weight is 379 g/mol. The second-order valence-corrected chi connectivity index (χ2v) is 8.49. The van der Waals surface area contributed by atoms with Crippen molar-refractivity contribution < 1.29 is 20.1 Å². The molecule has 4 nitrogen and oxygen atoms in total. The third-order valence-electron chi connectivity index (χ3n) is 6.59. The number of aliphatic hydroxyl groups excluding tert-OH is 3. The van der Waals surface area contributed by atoms with Crippen LogP contribution in [-0.4, -0.2) is 39.9 Å². The van der Waals surface area contributed by atoms with Gasteiger partial charge in [-0.1, -0.05) is 44.1 Å². The lowest BCUT2D eigenvalue weighted by Crippen LogP contribution is -2.41. The van der Waals surface area contributed by atoms with E-state index in [0.29, 0.717) is 12.8 Å². The first kappa shape index (κ1) is 22.3. The number of hydrogen-bond acceptors (Lipinski definition) is 4. The van der Waals surface area contributed by atoms with Gasteiger partial charge in [0.25, 0.3) is 0 Å². The van der Waals surface area contributed by atoms with Crippen molar-refractivity contribution >= 4 is 5.78 Å². The Morgan fingerprint density at radius 2 is 2.00 bits per heavy atom. The SMILES string of the molecule is CCCC1(C(O)C/C=C/[C@H]2[C@H](O)CC(=O)[C@@H]2C/C=C\CCCCO)CCC1. The minimum absolute atomic E-state index is 0.0971. The Hall–Kier alpha value is -0.970. The summed E-state index contributed by atoms with van der Waals surface area (Å²) < 4.78 is 0. The third kappa shape index (κ3) is 6.00. The first-order chi connectivity index (χ1) is 13.0. The van der Waals surface area contributed by atoms with Gasteiger partial charge in [0.1, 0.15) is 5.78 Å². The fraction of sp³-hybridized carbons (Fsp3) is 0.783. The molecule has 154 valence electrons. The molecule has 2 fully saturated rings. The Bertz CT molecular complexity index is 507. The molecular weight excluding hydrogens is 340 g/mol. The normalized spacial score (nSPS) is 28.9. The van der Waals surface area contributed by atoms with Crippen LogP contribution < -0.4 is 0 Å². The summed E-state index contributed by atoms with van der Waals surface area (Å²) in [6.07, 6.45) is 17.0. The van der Waals surface area contributed by atoms with Crippen molar-refractivity contribution in [2.24, 2.45) is 17.3 Å². The van der Waals surface area contributed by atoms with E-state index in [4.69, 9.17) is 5.11 Å². The molecule has 0 bridgehead atoms. The molecular formula is C23H38O4. The zero-order chi connectivity index (χ0) is 19.7. The summed E-state index contributed by atoms with van der Waals surface area (Å²) in [5, 5.41) is 29.7. The van der Waals surface area contributed by atoms with Crippen molar-refractivity contribution in [1.29, 1.82) is 0 Å². The minimum Gasteiger partial charge on any atom is -0.396 e. The monoisotopic (exact) mass is 378 g/mol. The van der Waals surface area contributed by atoms with E-state index in [0.717, 1.165) is 44.9 Å². The molecule has 2 aliphatic carbocycles. The lowest BCUT2D eigenvalue weighted by atomic mass is 9.62. The molecule has 2 aliphatic rings. The Labute approximate surface area is 164 Å². The van der Waals surface area contributed by atoms with Gasteiger partial charge in [0, 0.05) is 24.9 Å².